The Hall–Kier alpha value is -2.86. The van der Waals surface area contributed by atoms with Gasteiger partial charge >= 0.3 is 0 Å². The molecular formula is C26H29BrN2O3. The summed E-state index contributed by atoms with van der Waals surface area (Å²) in [5.41, 5.74) is 0.962. The summed E-state index contributed by atoms with van der Waals surface area (Å²) in [6.45, 7) is 5.92. The molecule has 3 rings (SSSR count). The van der Waals surface area contributed by atoms with Crippen LogP contribution in [0.4, 0.5) is 0 Å². The van der Waals surface area contributed by atoms with E-state index in [0.717, 1.165) is 20.8 Å². The van der Waals surface area contributed by atoms with Gasteiger partial charge in [-0.15, -0.1) is 0 Å². The molecule has 0 aliphatic carbocycles. The zero-order valence-corrected chi connectivity index (χ0v) is 20.3. The highest BCUT2D eigenvalue weighted by Gasteiger charge is 2.29. The maximum absolute atomic E-state index is 13.3. The SMILES string of the molecule is CCC(C(=O)NC(C)C)N(Cc1ccccc1)C(=O)COc1ccc2ccccc2c1Br. The average Bonchev–Trinajstić information content (AvgIpc) is 2.78. The lowest BCUT2D eigenvalue weighted by molar-refractivity contribution is -0.143. The van der Waals surface area contributed by atoms with E-state index in [1.54, 1.807) is 4.90 Å². The molecule has 0 saturated heterocycles. The third-order valence-electron chi connectivity index (χ3n) is 5.19. The monoisotopic (exact) mass is 496 g/mol. The highest BCUT2D eigenvalue weighted by atomic mass is 79.9. The van der Waals surface area contributed by atoms with Gasteiger partial charge in [-0.2, -0.15) is 0 Å². The van der Waals surface area contributed by atoms with Crippen LogP contribution in [0.2, 0.25) is 0 Å². The number of benzene rings is 3. The molecule has 0 spiro atoms. The topological polar surface area (TPSA) is 58.6 Å². The summed E-state index contributed by atoms with van der Waals surface area (Å²) in [4.78, 5) is 27.7. The molecule has 0 heterocycles. The largest absolute Gasteiger partial charge is 0.483 e. The summed E-state index contributed by atoms with van der Waals surface area (Å²) in [6, 6.07) is 20.9. The average molecular weight is 497 g/mol. The van der Waals surface area contributed by atoms with Crippen molar-refractivity contribution in [1.82, 2.24) is 10.2 Å². The molecule has 3 aromatic rings. The van der Waals surface area contributed by atoms with Crippen LogP contribution in [0.3, 0.4) is 0 Å². The van der Waals surface area contributed by atoms with Gasteiger partial charge in [-0.3, -0.25) is 9.59 Å². The number of rotatable bonds is 9. The van der Waals surface area contributed by atoms with Gasteiger partial charge in [0, 0.05) is 12.6 Å². The van der Waals surface area contributed by atoms with E-state index in [0.29, 0.717) is 18.7 Å². The van der Waals surface area contributed by atoms with Gasteiger partial charge in [0.1, 0.15) is 11.8 Å². The summed E-state index contributed by atoms with van der Waals surface area (Å²) in [6.07, 6.45) is 0.511. The molecule has 2 amide bonds. The standard InChI is InChI=1S/C26H29BrN2O3/c1-4-22(26(31)28-18(2)3)29(16-19-10-6-5-7-11-19)24(30)17-32-23-15-14-20-12-8-9-13-21(20)25(23)27/h5-15,18,22H,4,16-17H2,1-3H3,(H,28,31). The van der Waals surface area contributed by atoms with Gasteiger partial charge in [0.05, 0.1) is 4.47 Å². The minimum Gasteiger partial charge on any atom is -0.483 e. The number of hydrogen-bond acceptors (Lipinski definition) is 3. The van der Waals surface area contributed by atoms with Crippen LogP contribution >= 0.6 is 15.9 Å². The van der Waals surface area contributed by atoms with Crippen molar-refractivity contribution in [2.75, 3.05) is 6.61 Å². The Labute approximate surface area is 197 Å². The Morgan fingerprint density at radius 2 is 1.69 bits per heavy atom. The Morgan fingerprint density at radius 1 is 1.00 bits per heavy atom. The molecule has 1 atom stereocenters. The fraction of sp³-hybridized carbons (Fsp3) is 0.308. The van der Waals surface area contributed by atoms with E-state index in [4.69, 9.17) is 4.74 Å². The first-order valence-electron chi connectivity index (χ1n) is 10.8. The lowest BCUT2D eigenvalue weighted by Gasteiger charge is -2.31. The Morgan fingerprint density at radius 3 is 2.38 bits per heavy atom. The van der Waals surface area contributed by atoms with Crippen molar-refractivity contribution in [3.63, 3.8) is 0 Å². The van der Waals surface area contributed by atoms with Crippen LogP contribution in [-0.2, 0) is 16.1 Å². The molecule has 1 unspecified atom stereocenters. The van der Waals surface area contributed by atoms with Gasteiger partial charge in [-0.05, 0) is 58.6 Å². The lowest BCUT2D eigenvalue weighted by Crippen LogP contribution is -2.51. The molecule has 0 saturated carbocycles. The van der Waals surface area contributed by atoms with Crippen molar-refractivity contribution < 1.29 is 14.3 Å². The first-order valence-corrected chi connectivity index (χ1v) is 11.6. The van der Waals surface area contributed by atoms with E-state index in [-0.39, 0.29) is 24.5 Å². The fourth-order valence-electron chi connectivity index (χ4n) is 3.63. The first kappa shape index (κ1) is 23.8. The molecule has 0 fully saturated rings. The number of halogens is 1. The number of ether oxygens (including phenoxy) is 1. The molecule has 0 radical (unpaired) electrons. The predicted molar refractivity (Wildman–Crippen MR) is 131 cm³/mol. The van der Waals surface area contributed by atoms with Crippen LogP contribution < -0.4 is 10.1 Å². The Kier molecular flexibility index (Phi) is 8.28. The smallest absolute Gasteiger partial charge is 0.261 e. The van der Waals surface area contributed by atoms with Crippen molar-refractivity contribution in [2.45, 2.75) is 45.8 Å². The van der Waals surface area contributed by atoms with E-state index in [1.165, 1.54) is 0 Å². The molecule has 0 aliphatic rings. The highest BCUT2D eigenvalue weighted by Crippen LogP contribution is 2.33. The zero-order valence-electron chi connectivity index (χ0n) is 18.7. The second-order valence-corrected chi connectivity index (χ2v) is 8.78. The number of nitrogens with one attached hydrogen (secondary N) is 1. The van der Waals surface area contributed by atoms with Gasteiger partial charge in [0.15, 0.2) is 6.61 Å². The van der Waals surface area contributed by atoms with Crippen molar-refractivity contribution in [3.8, 4) is 5.75 Å². The number of amides is 2. The van der Waals surface area contributed by atoms with E-state index >= 15 is 0 Å². The molecule has 5 nitrogen and oxygen atoms in total. The number of fused-ring (bicyclic) bond motifs is 1. The summed E-state index contributed by atoms with van der Waals surface area (Å²) >= 11 is 3.60. The van der Waals surface area contributed by atoms with Crippen molar-refractivity contribution in [3.05, 3.63) is 76.8 Å². The molecule has 32 heavy (non-hydrogen) atoms. The summed E-state index contributed by atoms with van der Waals surface area (Å²) < 4.78 is 6.72. The molecule has 6 heteroatoms. The lowest BCUT2D eigenvalue weighted by atomic mass is 10.1. The minimum absolute atomic E-state index is 0.00460. The van der Waals surface area contributed by atoms with E-state index in [9.17, 15) is 9.59 Å². The zero-order chi connectivity index (χ0) is 23.1. The minimum atomic E-state index is -0.575. The second kappa shape index (κ2) is 11.1. The van der Waals surface area contributed by atoms with Crippen LogP contribution in [0.15, 0.2) is 71.2 Å². The van der Waals surface area contributed by atoms with Crippen molar-refractivity contribution in [2.24, 2.45) is 0 Å². The quantitative estimate of drug-likeness (QED) is 0.436. The summed E-state index contributed by atoms with van der Waals surface area (Å²) in [5, 5.41) is 5.04. The number of nitrogens with zero attached hydrogens (tertiary/aromatic N) is 1. The highest BCUT2D eigenvalue weighted by molar-refractivity contribution is 9.10. The maximum atomic E-state index is 13.3. The molecule has 0 aromatic heterocycles. The Bertz CT molecular complexity index is 1070. The number of carbonyl (C=O) groups is 2. The van der Waals surface area contributed by atoms with Crippen LogP contribution in [0.25, 0.3) is 10.8 Å². The summed E-state index contributed by atoms with van der Waals surface area (Å²) in [5.74, 6) is 0.203. The Balaban J connectivity index is 1.81. The number of carbonyl (C=O) groups excluding carboxylic acids is 2. The molecule has 3 aromatic carbocycles. The van der Waals surface area contributed by atoms with Gasteiger partial charge < -0.3 is 15.0 Å². The third kappa shape index (κ3) is 5.88. The van der Waals surface area contributed by atoms with Gasteiger partial charge in [-0.25, -0.2) is 0 Å². The van der Waals surface area contributed by atoms with Gasteiger partial charge in [0.2, 0.25) is 5.91 Å². The van der Waals surface area contributed by atoms with Crippen LogP contribution in [-0.4, -0.2) is 35.4 Å². The van der Waals surface area contributed by atoms with Gasteiger partial charge in [0.25, 0.3) is 5.91 Å². The fourth-order valence-corrected chi connectivity index (χ4v) is 4.24. The molecule has 1 N–H and O–H groups in total. The van der Waals surface area contributed by atoms with E-state index in [2.05, 4.69) is 21.2 Å². The molecular weight excluding hydrogens is 468 g/mol. The van der Waals surface area contributed by atoms with Gasteiger partial charge in [-0.1, -0.05) is 67.6 Å². The van der Waals surface area contributed by atoms with Crippen LogP contribution in [0.1, 0.15) is 32.8 Å². The second-order valence-electron chi connectivity index (χ2n) is 7.98. The third-order valence-corrected chi connectivity index (χ3v) is 6.01. The van der Waals surface area contributed by atoms with Crippen LogP contribution in [0.5, 0.6) is 5.75 Å². The molecule has 0 bridgehead atoms. The van der Waals surface area contributed by atoms with Crippen LogP contribution in [0, 0.1) is 0 Å². The molecule has 0 aliphatic heterocycles. The molecule has 168 valence electrons. The maximum Gasteiger partial charge on any atom is 0.261 e. The van der Waals surface area contributed by atoms with E-state index in [1.807, 2.05) is 87.5 Å². The van der Waals surface area contributed by atoms with E-state index < -0.39 is 6.04 Å². The predicted octanol–water partition coefficient (Wildman–Crippen LogP) is 5.31. The van der Waals surface area contributed by atoms with Crippen molar-refractivity contribution in [1.29, 1.82) is 0 Å². The first-order chi connectivity index (χ1) is 15.4. The normalized spacial score (nSPS) is 11.9. The van der Waals surface area contributed by atoms with Crippen molar-refractivity contribution >= 4 is 38.5 Å². The number of hydrogen-bond donors (Lipinski definition) is 1. The summed E-state index contributed by atoms with van der Waals surface area (Å²) in [7, 11) is 0.